The second-order valence-electron chi connectivity index (χ2n) is 3.46. The molecule has 0 aliphatic carbocycles. The SMILES string of the molecule is C#CCN(CCC(=O)O)c1ccc(F)c(F)c1F. The first kappa shape index (κ1) is 13.9. The molecule has 0 amide bonds. The number of carboxylic acids is 1. The lowest BCUT2D eigenvalue weighted by molar-refractivity contribution is -0.136. The van der Waals surface area contributed by atoms with Crippen molar-refractivity contribution in [2.45, 2.75) is 6.42 Å². The topological polar surface area (TPSA) is 40.5 Å². The molecular weight excluding hydrogens is 247 g/mol. The number of hydrogen-bond donors (Lipinski definition) is 1. The highest BCUT2D eigenvalue weighted by molar-refractivity contribution is 5.67. The molecule has 96 valence electrons. The minimum absolute atomic E-state index is 0.0957. The first-order valence-electron chi connectivity index (χ1n) is 5.01. The van der Waals surface area contributed by atoms with Gasteiger partial charge < -0.3 is 10.0 Å². The zero-order valence-corrected chi connectivity index (χ0v) is 9.29. The average molecular weight is 257 g/mol. The Labute approximate surface area is 102 Å². The van der Waals surface area contributed by atoms with Crippen molar-refractivity contribution in [3.63, 3.8) is 0 Å². The van der Waals surface area contributed by atoms with Crippen molar-refractivity contribution in [2.75, 3.05) is 18.0 Å². The predicted molar refractivity (Wildman–Crippen MR) is 59.6 cm³/mol. The molecule has 0 fully saturated rings. The fourth-order valence-electron chi connectivity index (χ4n) is 1.39. The van der Waals surface area contributed by atoms with Crippen LogP contribution in [0.4, 0.5) is 18.9 Å². The van der Waals surface area contributed by atoms with Gasteiger partial charge in [-0.15, -0.1) is 6.42 Å². The molecule has 1 aromatic carbocycles. The van der Waals surface area contributed by atoms with E-state index in [1.807, 2.05) is 0 Å². The lowest BCUT2D eigenvalue weighted by atomic mass is 10.2. The maximum absolute atomic E-state index is 13.5. The molecular formula is C12H10F3NO2. The Bertz CT molecular complexity index is 497. The maximum atomic E-state index is 13.5. The Balaban J connectivity index is 3.02. The monoisotopic (exact) mass is 257 g/mol. The Morgan fingerprint density at radius 2 is 2.00 bits per heavy atom. The van der Waals surface area contributed by atoms with E-state index >= 15 is 0 Å². The summed E-state index contributed by atoms with van der Waals surface area (Å²) in [6, 6.07) is 1.78. The van der Waals surface area contributed by atoms with E-state index in [1.54, 1.807) is 0 Å². The van der Waals surface area contributed by atoms with Crippen LogP contribution in [-0.4, -0.2) is 24.2 Å². The molecule has 0 atom stereocenters. The Morgan fingerprint density at radius 3 is 2.56 bits per heavy atom. The van der Waals surface area contributed by atoms with Gasteiger partial charge in [0.15, 0.2) is 17.5 Å². The number of carbonyl (C=O) groups is 1. The van der Waals surface area contributed by atoms with Gasteiger partial charge in [-0.05, 0) is 12.1 Å². The van der Waals surface area contributed by atoms with Crippen molar-refractivity contribution >= 4 is 11.7 Å². The average Bonchev–Trinajstić information content (AvgIpc) is 2.32. The van der Waals surface area contributed by atoms with Gasteiger partial charge in [0.25, 0.3) is 0 Å². The highest BCUT2D eigenvalue weighted by Gasteiger charge is 2.18. The van der Waals surface area contributed by atoms with Crippen molar-refractivity contribution in [1.29, 1.82) is 0 Å². The van der Waals surface area contributed by atoms with Crippen molar-refractivity contribution in [1.82, 2.24) is 0 Å². The van der Waals surface area contributed by atoms with Crippen LogP contribution in [-0.2, 0) is 4.79 Å². The van der Waals surface area contributed by atoms with E-state index in [4.69, 9.17) is 11.5 Å². The second-order valence-corrected chi connectivity index (χ2v) is 3.46. The number of hydrogen-bond acceptors (Lipinski definition) is 2. The predicted octanol–water partition coefficient (Wildman–Crippen LogP) is 2.02. The molecule has 0 saturated heterocycles. The molecule has 3 nitrogen and oxygen atoms in total. The maximum Gasteiger partial charge on any atom is 0.305 e. The van der Waals surface area contributed by atoms with Crippen molar-refractivity contribution in [3.05, 3.63) is 29.6 Å². The lowest BCUT2D eigenvalue weighted by Crippen LogP contribution is -2.27. The number of nitrogens with zero attached hydrogens (tertiary/aromatic N) is 1. The van der Waals surface area contributed by atoms with E-state index in [-0.39, 0.29) is 25.2 Å². The van der Waals surface area contributed by atoms with E-state index in [2.05, 4.69) is 5.92 Å². The summed E-state index contributed by atoms with van der Waals surface area (Å²) < 4.78 is 39.3. The zero-order chi connectivity index (χ0) is 13.7. The van der Waals surface area contributed by atoms with Gasteiger partial charge in [-0.1, -0.05) is 5.92 Å². The molecule has 6 heteroatoms. The summed E-state index contributed by atoms with van der Waals surface area (Å²) >= 11 is 0. The van der Waals surface area contributed by atoms with Gasteiger partial charge in [-0.3, -0.25) is 4.79 Å². The molecule has 0 bridgehead atoms. The lowest BCUT2D eigenvalue weighted by Gasteiger charge is -2.22. The van der Waals surface area contributed by atoms with Crippen molar-refractivity contribution < 1.29 is 23.1 Å². The fraction of sp³-hybridized carbons (Fsp3) is 0.250. The van der Waals surface area contributed by atoms with Gasteiger partial charge >= 0.3 is 5.97 Å². The van der Waals surface area contributed by atoms with Crippen LogP contribution in [0, 0.1) is 29.8 Å². The summed E-state index contributed by atoms with van der Waals surface area (Å²) in [5.41, 5.74) is -0.256. The summed E-state index contributed by atoms with van der Waals surface area (Å²) in [7, 11) is 0. The van der Waals surface area contributed by atoms with E-state index < -0.39 is 23.4 Å². The normalized spacial score (nSPS) is 9.89. The minimum atomic E-state index is -1.61. The highest BCUT2D eigenvalue weighted by Crippen LogP contribution is 2.23. The number of benzene rings is 1. The molecule has 0 aliphatic rings. The standard InChI is InChI=1S/C12H10F3NO2/c1-2-6-16(7-5-10(17)18)9-4-3-8(13)11(14)12(9)15/h1,3-4H,5-7H2,(H,17,18). The smallest absolute Gasteiger partial charge is 0.305 e. The molecule has 18 heavy (non-hydrogen) atoms. The summed E-state index contributed by atoms with van der Waals surface area (Å²) in [4.78, 5) is 11.6. The zero-order valence-electron chi connectivity index (χ0n) is 9.29. The molecule has 0 spiro atoms. The van der Waals surface area contributed by atoms with Crippen LogP contribution in [0.3, 0.4) is 0 Å². The molecule has 1 N–H and O–H groups in total. The number of carboxylic acid groups (broad SMARTS) is 1. The third-order valence-electron chi connectivity index (χ3n) is 2.23. The number of halogens is 3. The summed E-state index contributed by atoms with van der Waals surface area (Å²) in [6.07, 6.45) is 4.77. The molecule has 0 saturated carbocycles. The first-order valence-corrected chi connectivity index (χ1v) is 5.01. The van der Waals surface area contributed by atoms with Crippen molar-refractivity contribution in [3.8, 4) is 12.3 Å². The van der Waals surface area contributed by atoms with Gasteiger partial charge in [0.1, 0.15) is 0 Å². The summed E-state index contributed by atoms with van der Waals surface area (Å²) in [5, 5.41) is 8.54. The summed E-state index contributed by atoms with van der Waals surface area (Å²) in [5.74, 6) is -3.19. The van der Waals surface area contributed by atoms with Crippen LogP contribution in [0.25, 0.3) is 0 Å². The van der Waals surface area contributed by atoms with Gasteiger partial charge in [-0.25, -0.2) is 13.2 Å². The largest absolute Gasteiger partial charge is 0.481 e. The van der Waals surface area contributed by atoms with Crippen LogP contribution in [0.2, 0.25) is 0 Å². The number of aliphatic carboxylic acids is 1. The second kappa shape index (κ2) is 5.96. The molecule has 0 aliphatic heterocycles. The molecule has 1 aromatic rings. The van der Waals surface area contributed by atoms with Gasteiger partial charge in [0, 0.05) is 6.54 Å². The van der Waals surface area contributed by atoms with E-state index in [0.717, 1.165) is 17.0 Å². The fourth-order valence-corrected chi connectivity index (χ4v) is 1.39. The van der Waals surface area contributed by atoms with Gasteiger partial charge in [0.05, 0.1) is 18.7 Å². The van der Waals surface area contributed by atoms with E-state index in [9.17, 15) is 18.0 Å². The number of anilines is 1. The van der Waals surface area contributed by atoms with E-state index in [0.29, 0.717) is 0 Å². The minimum Gasteiger partial charge on any atom is -0.481 e. The third-order valence-corrected chi connectivity index (χ3v) is 2.23. The van der Waals surface area contributed by atoms with Gasteiger partial charge in [-0.2, -0.15) is 0 Å². The quantitative estimate of drug-likeness (QED) is 0.648. The van der Waals surface area contributed by atoms with Gasteiger partial charge in [0.2, 0.25) is 0 Å². The first-order chi connectivity index (χ1) is 8.47. The molecule has 0 unspecified atom stereocenters. The molecule has 0 heterocycles. The Hall–Kier alpha value is -2.16. The Kier molecular flexibility index (Phi) is 4.60. The molecule has 0 radical (unpaired) electrons. The molecule has 0 aromatic heterocycles. The molecule has 1 rings (SSSR count). The highest BCUT2D eigenvalue weighted by atomic mass is 19.2. The van der Waals surface area contributed by atoms with Crippen LogP contribution in [0.1, 0.15) is 6.42 Å². The number of terminal acetylenes is 1. The van der Waals surface area contributed by atoms with Crippen LogP contribution in [0.5, 0.6) is 0 Å². The third kappa shape index (κ3) is 3.17. The van der Waals surface area contributed by atoms with E-state index in [1.165, 1.54) is 0 Å². The summed E-state index contributed by atoms with van der Waals surface area (Å²) in [6.45, 7) is -0.198. The van der Waals surface area contributed by atoms with Crippen molar-refractivity contribution in [2.24, 2.45) is 0 Å². The van der Waals surface area contributed by atoms with Crippen LogP contribution < -0.4 is 4.90 Å². The Morgan fingerprint density at radius 1 is 1.33 bits per heavy atom. The van der Waals surface area contributed by atoms with Crippen LogP contribution >= 0.6 is 0 Å². The van der Waals surface area contributed by atoms with Crippen LogP contribution in [0.15, 0.2) is 12.1 Å². The number of rotatable bonds is 5.